The summed E-state index contributed by atoms with van der Waals surface area (Å²) in [5.41, 5.74) is 1.94. The van der Waals surface area contributed by atoms with E-state index in [0.717, 1.165) is 16.5 Å². The molecule has 0 aliphatic rings. The monoisotopic (exact) mass is 433 g/mol. The number of rotatable bonds is 9. The summed E-state index contributed by atoms with van der Waals surface area (Å²) in [6.07, 6.45) is 4.08. The Morgan fingerprint density at radius 2 is 2.03 bits per heavy atom. The standard InChI is InChI=1S/C24H27N5O3/c1-15(2)10-20(23(30)27-17(13-25)11-16-6-5-9-26-14-16)29-24(31)21-12-18-19(28-21)7-4-8-22(18)32-3/h4-9,12,14-15,17,20,28H,10-11H2,1-3H3,(H,27,30)(H,29,31)/t17?,20-/m0/s1. The van der Waals surface area contributed by atoms with Crippen LogP contribution in [0.1, 0.15) is 36.3 Å². The maximum absolute atomic E-state index is 13.0. The van der Waals surface area contributed by atoms with Gasteiger partial charge in [-0.1, -0.05) is 26.0 Å². The van der Waals surface area contributed by atoms with E-state index in [1.165, 1.54) is 0 Å². The van der Waals surface area contributed by atoms with E-state index in [1.54, 1.807) is 31.6 Å². The number of ether oxygens (including phenoxy) is 1. The summed E-state index contributed by atoms with van der Waals surface area (Å²) in [5, 5.41) is 15.8. The van der Waals surface area contributed by atoms with Gasteiger partial charge in [0.15, 0.2) is 0 Å². The van der Waals surface area contributed by atoms with Gasteiger partial charge in [0, 0.05) is 29.7 Å². The highest BCUT2D eigenvalue weighted by Crippen LogP contribution is 2.26. The largest absolute Gasteiger partial charge is 0.496 e. The summed E-state index contributed by atoms with van der Waals surface area (Å²) in [7, 11) is 1.57. The van der Waals surface area contributed by atoms with Crippen LogP contribution in [-0.2, 0) is 11.2 Å². The lowest BCUT2D eigenvalue weighted by Gasteiger charge is -2.21. The van der Waals surface area contributed by atoms with Gasteiger partial charge in [-0.3, -0.25) is 14.6 Å². The number of benzene rings is 1. The van der Waals surface area contributed by atoms with Crippen molar-refractivity contribution in [1.82, 2.24) is 20.6 Å². The molecule has 2 amide bonds. The maximum atomic E-state index is 13.0. The first-order chi connectivity index (χ1) is 15.4. The Bertz CT molecular complexity index is 1120. The van der Waals surface area contributed by atoms with E-state index in [-0.39, 0.29) is 5.92 Å². The lowest BCUT2D eigenvalue weighted by atomic mass is 10.0. The molecule has 3 aromatic rings. The Hall–Kier alpha value is -3.86. The molecule has 2 atom stereocenters. The first-order valence-electron chi connectivity index (χ1n) is 10.5. The highest BCUT2D eigenvalue weighted by Gasteiger charge is 2.25. The third-order valence-electron chi connectivity index (χ3n) is 5.05. The predicted molar refractivity (Wildman–Crippen MR) is 121 cm³/mol. The van der Waals surface area contributed by atoms with Gasteiger partial charge in [0.2, 0.25) is 5.91 Å². The van der Waals surface area contributed by atoms with Crippen molar-refractivity contribution in [2.45, 2.75) is 38.8 Å². The van der Waals surface area contributed by atoms with Crippen LogP contribution >= 0.6 is 0 Å². The zero-order chi connectivity index (χ0) is 23.1. The molecule has 0 spiro atoms. The number of aromatic amines is 1. The first kappa shape index (κ1) is 22.8. The smallest absolute Gasteiger partial charge is 0.268 e. The summed E-state index contributed by atoms with van der Waals surface area (Å²) in [6.45, 7) is 3.94. The number of fused-ring (bicyclic) bond motifs is 1. The fourth-order valence-corrected chi connectivity index (χ4v) is 3.52. The second kappa shape index (κ2) is 10.4. The Morgan fingerprint density at radius 3 is 2.69 bits per heavy atom. The minimum Gasteiger partial charge on any atom is -0.496 e. The predicted octanol–water partition coefficient (Wildman–Crippen LogP) is 2.97. The van der Waals surface area contributed by atoms with Gasteiger partial charge in [-0.25, -0.2) is 0 Å². The molecule has 8 heteroatoms. The molecular formula is C24H27N5O3. The average molecular weight is 434 g/mol. The number of nitrogens with one attached hydrogen (secondary N) is 3. The SMILES string of the molecule is COc1cccc2[nH]c(C(=O)N[C@@H](CC(C)C)C(=O)NC(C#N)Cc3cccnc3)cc12. The van der Waals surface area contributed by atoms with Crippen LogP contribution in [0.3, 0.4) is 0 Å². The highest BCUT2D eigenvalue weighted by atomic mass is 16.5. The van der Waals surface area contributed by atoms with Crippen molar-refractivity contribution in [3.63, 3.8) is 0 Å². The van der Waals surface area contributed by atoms with Crippen LogP contribution in [0, 0.1) is 17.2 Å². The number of carbonyl (C=O) groups is 2. The van der Waals surface area contributed by atoms with Gasteiger partial charge >= 0.3 is 0 Å². The Kier molecular flexibility index (Phi) is 7.45. The van der Waals surface area contributed by atoms with Gasteiger partial charge in [0.25, 0.3) is 5.91 Å². The topological polar surface area (TPSA) is 120 Å². The van der Waals surface area contributed by atoms with Crippen LogP contribution in [0.5, 0.6) is 5.75 Å². The van der Waals surface area contributed by atoms with Crippen LogP contribution in [0.25, 0.3) is 10.9 Å². The molecule has 0 aliphatic carbocycles. The average Bonchev–Trinajstić information content (AvgIpc) is 3.23. The number of pyridine rings is 1. The summed E-state index contributed by atoms with van der Waals surface area (Å²) in [6, 6.07) is 11.4. The number of amides is 2. The molecule has 0 bridgehead atoms. The number of hydrogen-bond donors (Lipinski definition) is 3. The summed E-state index contributed by atoms with van der Waals surface area (Å²) in [4.78, 5) is 33.0. The zero-order valence-electron chi connectivity index (χ0n) is 18.4. The van der Waals surface area contributed by atoms with Crippen molar-refractivity contribution < 1.29 is 14.3 Å². The second-order valence-electron chi connectivity index (χ2n) is 8.02. The molecule has 2 heterocycles. The number of nitriles is 1. The van der Waals surface area contributed by atoms with Crippen LogP contribution in [0.15, 0.2) is 48.8 Å². The van der Waals surface area contributed by atoms with Crippen LogP contribution < -0.4 is 15.4 Å². The molecule has 2 aromatic heterocycles. The lowest BCUT2D eigenvalue weighted by Crippen LogP contribution is -2.50. The van der Waals surface area contributed by atoms with E-state index < -0.39 is 23.9 Å². The zero-order valence-corrected chi connectivity index (χ0v) is 18.4. The first-order valence-corrected chi connectivity index (χ1v) is 10.5. The highest BCUT2D eigenvalue weighted by molar-refractivity contribution is 6.01. The van der Waals surface area contributed by atoms with Crippen LogP contribution in [0.4, 0.5) is 0 Å². The summed E-state index contributed by atoms with van der Waals surface area (Å²) in [5.74, 6) is 0.0234. The molecule has 32 heavy (non-hydrogen) atoms. The molecule has 1 unspecified atom stereocenters. The molecule has 166 valence electrons. The number of carbonyl (C=O) groups excluding carboxylic acids is 2. The number of aromatic nitrogens is 2. The van der Waals surface area contributed by atoms with E-state index in [9.17, 15) is 14.9 Å². The number of hydrogen-bond acceptors (Lipinski definition) is 5. The number of methoxy groups -OCH3 is 1. The molecule has 0 aliphatic heterocycles. The van der Waals surface area contributed by atoms with Gasteiger partial charge in [-0.05, 0) is 42.2 Å². The van der Waals surface area contributed by atoms with E-state index >= 15 is 0 Å². The third kappa shape index (κ3) is 5.64. The minimum atomic E-state index is -0.777. The normalized spacial score (nSPS) is 12.7. The van der Waals surface area contributed by atoms with Crippen molar-refractivity contribution >= 4 is 22.7 Å². The van der Waals surface area contributed by atoms with E-state index in [1.807, 2.05) is 38.1 Å². The quantitative estimate of drug-likeness (QED) is 0.479. The molecule has 3 N–H and O–H groups in total. The Balaban J connectivity index is 1.73. The van der Waals surface area contributed by atoms with Gasteiger partial charge in [0.1, 0.15) is 23.5 Å². The number of H-pyrrole nitrogens is 1. The summed E-state index contributed by atoms with van der Waals surface area (Å²) < 4.78 is 5.35. The molecular weight excluding hydrogens is 406 g/mol. The molecule has 8 nitrogen and oxygen atoms in total. The molecule has 0 saturated heterocycles. The molecule has 0 fully saturated rings. The number of nitrogens with zero attached hydrogens (tertiary/aromatic N) is 2. The van der Waals surface area contributed by atoms with Gasteiger partial charge in [-0.2, -0.15) is 5.26 Å². The van der Waals surface area contributed by atoms with Gasteiger partial charge < -0.3 is 20.4 Å². The fourth-order valence-electron chi connectivity index (χ4n) is 3.52. The Labute approximate surface area is 187 Å². The molecule has 1 aromatic carbocycles. The molecule has 3 rings (SSSR count). The minimum absolute atomic E-state index is 0.160. The van der Waals surface area contributed by atoms with Gasteiger partial charge in [-0.15, -0.1) is 0 Å². The van der Waals surface area contributed by atoms with Crippen molar-refractivity contribution in [3.8, 4) is 11.8 Å². The fraction of sp³-hybridized carbons (Fsp3) is 0.333. The Morgan fingerprint density at radius 1 is 1.22 bits per heavy atom. The molecule has 0 radical (unpaired) electrons. The maximum Gasteiger partial charge on any atom is 0.268 e. The van der Waals surface area contributed by atoms with Crippen molar-refractivity contribution in [2.75, 3.05) is 7.11 Å². The van der Waals surface area contributed by atoms with E-state index in [0.29, 0.717) is 24.3 Å². The third-order valence-corrected chi connectivity index (χ3v) is 5.05. The van der Waals surface area contributed by atoms with Crippen molar-refractivity contribution in [2.24, 2.45) is 5.92 Å². The van der Waals surface area contributed by atoms with Crippen LogP contribution in [0.2, 0.25) is 0 Å². The molecule has 0 saturated carbocycles. The van der Waals surface area contributed by atoms with Crippen LogP contribution in [-0.4, -0.2) is 41.0 Å². The van der Waals surface area contributed by atoms with Crippen molar-refractivity contribution in [3.05, 3.63) is 60.0 Å². The second-order valence-corrected chi connectivity index (χ2v) is 8.02. The van der Waals surface area contributed by atoms with Gasteiger partial charge in [0.05, 0.1) is 13.2 Å². The summed E-state index contributed by atoms with van der Waals surface area (Å²) >= 11 is 0. The van der Waals surface area contributed by atoms with E-state index in [2.05, 4.69) is 26.7 Å². The lowest BCUT2D eigenvalue weighted by molar-refractivity contribution is -0.123. The van der Waals surface area contributed by atoms with E-state index in [4.69, 9.17) is 4.74 Å². The van der Waals surface area contributed by atoms with Crippen molar-refractivity contribution in [1.29, 1.82) is 5.26 Å².